The Labute approximate surface area is 84.6 Å². The molecule has 0 saturated heterocycles. The van der Waals surface area contributed by atoms with E-state index in [1.807, 2.05) is 5.43 Å². The lowest BCUT2D eigenvalue weighted by Gasteiger charge is -2.10. The van der Waals surface area contributed by atoms with Crippen molar-refractivity contribution in [2.24, 2.45) is 5.84 Å². The molecule has 0 aliphatic rings. The van der Waals surface area contributed by atoms with Crippen LogP contribution in [0.4, 0.5) is 0 Å². The van der Waals surface area contributed by atoms with Crippen LogP contribution in [0.15, 0.2) is 0 Å². The van der Waals surface area contributed by atoms with Crippen LogP contribution in [0, 0.1) is 0 Å². The molecular formula is C9H20N2O3. The quantitative estimate of drug-likeness (QED) is 0.224. The van der Waals surface area contributed by atoms with Crippen molar-refractivity contribution in [3.05, 3.63) is 0 Å². The van der Waals surface area contributed by atoms with Gasteiger partial charge < -0.3 is 9.84 Å². The van der Waals surface area contributed by atoms with Gasteiger partial charge in [-0.05, 0) is 12.8 Å². The molecule has 4 N–H and O–H groups in total. The summed E-state index contributed by atoms with van der Waals surface area (Å²) in [5.74, 6) is 4.62. The molecule has 5 nitrogen and oxygen atoms in total. The van der Waals surface area contributed by atoms with Gasteiger partial charge in [-0.2, -0.15) is 0 Å². The predicted octanol–water partition coefficient (Wildman–Crippen LogP) is -0.0659. The number of carbonyl (C=O) groups excluding carboxylic acids is 1. The van der Waals surface area contributed by atoms with Gasteiger partial charge in [-0.3, -0.25) is 10.2 Å². The second-order valence-corrected chi connectivity index (χ2v) is 3.19. The van der Waals surface area contributed by atoms with E-state index >= 15 is 0 Å². The van der Waals surface area contributed by atoms with E-state index in [1.165, 1.54) is 0 Å². The Bertz CT molecular complexity index is 153. The maximum absolute atomic E-state index is 10.7. The highest BCUT2D eigenvalue weighted by Gasteiger charge is 2.06. The first-order valence-electron chi connectivity index (χ1n) is 4.96. The van der Waals surface area contributed by atoms with Crippen LogP contribution in [0.5, 0.6) is 0 Å². The molecule has 0 aromatic rings. The minimum absolute atomic E-state index is 0.231. The van der Waals surface area contributed by atoms with Gasteiger partial charge >= 0.3 is 0 Å². The van der Waals surface area contributed by atoms with Crippen LogP contribution >= 0.6 is 0 Å². The number of carbonyl (C=O) groups is 1. The first kappa shape index (κ1) is 13.4. The van der Waals surface area contributed by atoms with Gasteiger partial charge in [-0.1, -0.05) is 13.3 Å². The lowest BCUT2D eigenvalue weighted by atomic mass is 10.2. The van der Waals surface area contributed by atoms with Crippen LogP contribution < -0.4 is 11.3 Å². The molecule has 14 heavy (non-hydrogen) atoms. The zero-order valence-corrected chi connectivity index (χ0v) is 8.66. The zero-order chi connectivity index (χ0) is 10.8. The molecule has 0 aliphatic carbocycles. The molecule has 0 bridgehead atoms. The normalized spacial score (nSPS) is 12.5. The highest BCUT2D eigenvalue weighted by atomic mass is 16.5. The van der Waals surface area contributed by atoms with Gasteiger partial charge in [0.15, 0.2) is 0 Å². The molecule has 0 aromatic carbocycles. The lowest BCUT2D eigenvalue weighted by molar-refractivity contribution is -0.121. The molecule has 0 radical (unpaired) electrons. The summed E-state index contributed by atoms with van der Waals surface area (Å²) in [5.41, 5.74) is 2.01. The van der Waals surface area contributed by atoms with Crippen LogP contribution in [0.3, 0.4) is 0 Å². The Morgan fingerprint density at radius 3 is 2.93 bits per heavy atom. The van der Waals surface area contributed by atoms with Crippen molar-refractivity contribution in [2.45, 2.75) is 38.7 Å². The SMILES string of the molecule is CCCCOC[C@@H](O)CCC(=O)NN. The number of nitrogens with one attached hydrogen (secondary N) is 1. The summed E-state index contributed by atoms with van der Waals surface area (Å²) >= 11 is 0. The van der Waals surface area contributed by atoms with Crippen LogP contribution in [0.25, 0.3) is 0 Å². The lowest BCUT2D eigenvalue weighted by Crippen LogP contribution is -2.31. The molecule has 1 amide bonds. The van der Waals surface area contributed by atoms with Gasteiger partial charge in [-0.25, -0.2) is 5.84 Å². The van der Waals surface area contributed by atoms with E-state index in [0.29, 0.717) is 13.0 Å². The average Bonchev–Trinajstić information content (AvgIpc) is 2.21. The number of amides is 1. The van der Waals surface area contributed by atoms with Gasteiger partial charge in [-0.15, -0.1) is 0 Å². The molecular weight excluding hydrogens is 184 g/mol. The van der Waals surface area contributed by atoms with Crippen molar-refractivity contribution in [3.63, 3.8) is 0 Å². The third kappa shape index (κ3) is 7.97. The van der Waals surface area contributed by atoms with E-state index in [9.17, 15) is 9.90 Å². The van der Waals surface area contributed by atoms with Crippen molar-refractivity contribution in [1.82, 2.24) is 5.43 Å². The van der Waals surface area contributed by atoms with Crippen molar-refractivity contribution >= 4 is 5.91 Å². The molecule has 0 unspecified atom stereocenters. The molecule has 1 atom stereocenters. The largest absolute Gasteiger partial charge is 0.391 e. The fourth-order valence-corrected chi connectivity index (χ4v) is 0.919. The minimum atomic E-state index is -0.579. The number of rotatable bonds is 8. The van der Waals surface area contributed by atoms with Gasteiger partial charge in [0, 0.05) is 13.0 Å². The summed E-state index contributed by atoms with van der Waals surface area (Å²) in [7, 11) is 0. The maximum atomic E-state index is 10.7. The summed E-state index contributed by atoms with van der Waals surface area (Å²) in [6.07, 6.45) is 2.11. The van der Waals surface area contributed by atoms with E-state index in [-0.39, 0.29) is 18.9 Å². The van der Waals surface area contributed by atoms with E-state index in [2.05, 4.69) is 6.92 Å². The molecule has 0 aliphatic heterocycles. The number of ether oxygens (including phenoxy) is 1. The number of aliphatic hydroxyl groups excluding tert-OH is 1. The van der Waals surface area contributed by atoms with E-state index in [1.54, 1.807) is 0 Å². The monoisotopic (exact) mass is 204 g/mol. The Hall–Kier alpha value is -0.650. The summed E-state index contributed by atoms with van der Waals surface area (Å²) in [6, 6.07) is 0. The summed E-state index contributed by atoms with van der Waals surface area (Å²) < 4.78 is 5.19. The number of unbranched alkanes of at least 4 members (excludes halogenated alkanes) is 1. The summed E-state index contributed by atoms with van der Waals surface area (Å²) in [4.78, 5) is 10.7. The number of hydrogen-bond acceptors (Lipinski definition) is 4. The second kappa shape index (κ2) is 8.93. The van der Waals surface area contributed by atoms with Gasteiger partial charge in [0.25, 0.3) is 0 Å². The number of nitrogens with two attached hydrogens (primary N) is 1. The predicted molar refractivity (Wildman–Crippen MR) is 53.3 cm³/mol. The Balaban J connectivity index is 3.27. The molecule has 0 rings (SSSR count). The number of hydrogen-bond donors (Lipinski definition) is 3. The highest BCUT2D eigenvalue weighted by Crippen LogP contribution is 1.98. The summed E-state index contributed by atoms with van der Waals surface area (Å²) in [5, 5.41) is 9.35. The highest BCUT2D eigenvalue weighted by molar-refractivity contribution is 5.75. The smallest absolute Gasteiger partial charge is 0.233 e. The average molecular weight is 204 g/mol. The Kier molecular flexibility index (Phi) is 8.51. The van der Waals surface area contributed by atoms with E-state index < -0.39 is 6.10 Å². The van der Waals surface area contributed by atoms with Crippen LogP contribution in [-0.2, 0) is 9.53 Å². The van der Waals surface area contributed by atoms with Crippen LogP contribution in [0.2, 0.25) is 0 Å². The topological polar surface area (TPSA) is 84.6 Å². The third-order valence-electron chi connectivity index (χ3n) is 1.82. The first-order valence-corrected chi connectivity index (χ1v) is 4.96. The van der Waals surface area contributed by atoms with Crippen LogP contribution in [0.1, 0.15) is 32.6 Å². The van der Waals surface area contributed by atoms with Crippen molar-refractivity contribution in [2.75, 3.05) is 13.2 Å². The summed E-state index contributed by atoms with van der Waals surface area (Å²) in [6.45, 7) is 3.03. The van der Waals surface area contributed by atoms with Gasteiger partial charge in [0.2, 0.25) is 5.91 Å². The maximum Gasteiger partial charge on any atom is 0.233 e. The molecule has 0 heterocycles. The molecule has 0 aromatic heterocycles. The Morgan fingerprint density at radius 1 is 1.64 bits per heavy atom. The van der Waals surface area contributed by atoms with Crippen molar-refractivity contribution in [3.8, 4) is 0 Å². The fourth-order valence-electron chi connectivity index (χ4n) is 0.919. The molecule has 5 heteroatoms. The third-order valence-corrected chi connectivity index (χ3v) is 1.82. The molecule has 0 spiro atoms. The minimum Gasteiger partial charge on any atom is -0.391 e. The van der Waals surface area contributed by atoms with E-state index in [4.69, 9.17) is 10.6 Å². The fraction of sp³-hybridized carbons (Fsp3) is 0.889. The zero-order valence-electron chi connectivity index (χ0n) is 8.66. The van der Waals surface area contributed by atoms with Crippen LogP contribution in [-0.4, -0.2) is 30.3 Å². The van der Waals surface area contributed by atoms with Crippen molar-refractivity contribution in [1.29, 1.82) is 0 Å². The van der Waals surface area contributed by atoms with Crippen molar-refractivity contribution < 1.29 is 14.6 Å². The Morgan fingerprint density at radius 2 is 2.36 bits per heavy atom. The van der Waals surface area contributed by atoms with Gasteiger partial charge in [0.05, 0.1) is 12.7 Å². The molecule has 0 fully saturated rings. The second-order valence-electron chi connectivity index (χ2n) is 3.19. The number of aliphatic hydroxyl groups is 1. The molecule has 84 valence electrons. The standard InChI is InChI=1S/C9H20N2O3/c1-2-3-6-14-7-8(12)4-5-9(13)11-10/h8,12H,2-7,10H2,1H3,(H,11,13)/t8-/m0/s1. The first-order chi connectivity index (χ1) is 6.70. The number of hydrazine groups is 1. The molecule has 0 saturated carbocycles. The van der Waals surface area contributed by atoms with E-state index in [0.717, 1.165) is 12.8 Å². The van der Waals surface area contributed by atoms with Gasteiger partial charge in [0.1, 0.15) is 0 Å².